The Morgan fingerprint density at radius 2 is 1.74 bits per heavy atom. The molecule has 5 rings (SSSR count). The predicted octanol–water partition coefficient (Wildman–Crippen LogP) is 2.77. The Hall–Kier alpha value is -3.35. The van der Waals surface area contributed by atoms with Crippen LogP contribution in [0.5, 0.6) is 28.7 Å². The number of cyclic esters (lactones) is 1. The summed E-state index contributed by atoms with van der Waals surface area (Å²) in [5.41, 5.74) is 2.08. The number of fused-ring (bicyclic) bond motifs is 2. The summed E-state index contributed by atoms with van der Waals surface area (Å²) in [6.07, 6.45) is 0. The molecule has 0 spiro atoms. The van der Waals surface area contributed by atoms with Gasteiger partial charge < -0.3 is 28.4 Å². The van der Waals surface area contributed by atoms with Gasteiger partial charge in [0, 0.05) is 23.3 Å². The lowest BCUT2D eigenvalue weighted by Crippen LogP contribution is -2.18. The molecule has 0 saturated heterocycles. The van der Waals surface area contributed by atoms with E-state index < -0.39 is 11.9 Å². The number of carbonyl (C=O) groups is 1. The van der Waals surface area contributed by atoms with E-state index in [1.54, 1.807) is 26.4 Å². The summed E-state index contributed by atoms with van der Waals surface area (Å²) < 4.78 is 33.0. The highest BCUT2D eigenvalue weighted by atomic mass is 16.7. The SMILES string of the molecule is COc1ccc(C2C3=C(COC3=O)Oc3cc4c(cc32)OCO4)c(OC)c1. The first-order chi connectivity index (χ1) is 13.2. The Morgan fingerprint density at radius 3 is 2.52 bits per heavy atom. The van der Waals surface area contributed by atoms with E-state index in [4.69, 9.17) is 28.4 Å². The van der Waals surface area contributed by atoms with Crippen molar-refractivity contribution in [2.75, 3.05) is 27.6 Å². The van der Waals surface area contributed by atoms with Crippen molar-refractivity contribution in [1.29, 1.82) is 0 Å². The van der Waals surface area contributed by atoms with Crippen molar-refractivity contribution in [2.45, 2.75) is 5.92 Å². The molecule has 0 aromatic heterocycles. The maximum Gasteiger partial charge on any atom is 0.339 e. The second-order valence-electron chi connectivity index (χ2n) is 6.30. The molecule has 1 unspecified atom stereocenters. The molecular weight excluding hydrogens is 352 g/mol. The summed E-state index contributed by atoms with van der Waals surface area (Å²) in [6.45, 7) is 0.265. The van der Waals surface area contributed by atoms with Crippen LogP contribution in [-0.2, 0) is 9.53 Å². The zero-order valence-electron chi connectivity index (χ0n) is 14.7. The van der Waals surface area contributed by atoms with E-state index in [2.05, 4.69) is 0 Å². The molecule has 3 aliphatic rings. The highest BCUT2D eigenvalue weighted by molar-refractivity contribution is 5.95. The first-order valence-electron chi connectivity index (χ1n) is 8.43. The lowest BCUT2D eigenvalue weighted by Gasteiger charge is -2.27. The molecule has 138 valence electrons. The molecular formula is C20H16O7. The summed E-state index contributed by atoms with van der Waals surface area (Å²) in [5, 5.41) is 0. The van der Waals surface area contributed by atoms with Gasteiger partial charge in [0.15, 0.2) is 17.3 Å². The zero-order chi connectivity index (χ0) is 18.5. The third-order valence-electron chi connectivity index (χ3n) is 4.94. The van der Waals surface area contributed by atoms with Gasteiger partial charge in [0.05, 0.1) is 25.7 Å². The van der Waals surface area contributed by atoms with Crippen molar-refractivity contribution in [3.8, 4) is 28.7 Å². The highest BCUT2D eigenvalue weighted by Crippen LogP contribution is 2.51. The Balaban J connectivity index is 1.73. The van der Waals surface area contributed by atoms with Crippen LogP contribution in [-0.4, -0.2) is 33.6 Å². The van der Waals surface area contributed by atoms with Crippen LogP contribution in [0.3, 0.4) is 0 Å². The third kappa shape index (κ3) is 2.31. The van der Waals surface area contributed by atoms with E-state index in [-0.39, 0.29) is 13.4 Å². The molecule has 2 aromatic rings. The van der Waals surface area contributed by atoms with Gasteiger partial charge in [-0.3, -0.25) is 0 Å². The first kappa shape index (κ1) is 15.9. The molecule has 1 atom stereocenters. The Bertz CT molecular complexity index is 992. The molecule has 0 saturated carbocycles. The van der Waals surface area contributed by atoms with E-state index in [9.17, 15) is 4.79 Å². The molecule has 3 heterocycles. The van der Waals surface area contributed by atoms with Gasteiger partial charge in [-0.15, -0.1) is 0 Å². The minimum Gasteiger partial charge on any atom is -0.497 e. The largest absolute Gasteiger partial charge is 0.497 e. The average molecular weight is 368 g/mol. The molecule has 2 aromatic carbocycles. The van der Waals surface area contributed by atoms with Gasteiger partial charge in [-0.1, -0.05) is 6.07 Å². The fourth-order valence-electron chi connectivity index (χ4n) is 3.68. The maximum absolute atomic E-state index is 12.5. The van der Waals surface area contributed by atoms with Crippen molar-refractivity contribution in [1.82, 2.24) is 0 Å². The lowest BCUT2D eigenvalue weighted by atomic mass is 9.82. The molecule has 0 bridgehead atoms. The van der Waals surface area contributed by atoms with E-state index in [0.29, 0.717) is 40.1 Å². The molecule has 0 aliphatic carbocycles. The first-order valence-corrected chi connectivity index (χ1v) is 8.43. The molecule has 7 heteroatoms. The van der Waals surface area contributed by atoms with Crippen molar-refractivity contribution >= 4 is 5.97 Å². The molecule has 0 amide bonds. The quantitative estimate of drug-likeness (QED) is 0.772. The molecule has 27 heavy (non-hydrogen) atoms. The number of esters is 1. The van der Waals surface area contributed by atoms with Gasteiger partial charge in [-0.05, 0) is 12.1 Å². The maximum atomic E-state index is 12.5. The van der Waals surface area contributed by atoms with Gasteiger partial charge in [-0.2, -0.15) is 0 Å². The monoisotopic (exact) mass is 368 g/mol. The Labute approximate surface area is 155 Å². The number of carbonyl (C=O) groups excluding carboxylic acids is 1. The number of hydrogen-bond acceptors (Lipinski definition) is 7. The van der Waals surface area contributed by atoms with E-state index >= 15 is 0 Å². The summed E-state index contributed by atoms with van der Waals surface area (Å²) in [6, 6.07) is 9.14. The van der Waals surface area contributed by atoms with Crippen molar-refractivity contribution in [2.24, 2.45) is 0 Å². The van der Waals surface area contributed by atoms with E-state index in [1.165, 1.54) is 0 Å². The zero-order valence-corrected chi connectivity index (χ0v) is 14.7. The number of rotatable bonds is 3. The third-order valence-corrected chi connectivity index (χ3v) is 4.94. The van der Waals surface area contributed by atoms with Crippen LogP contribution in [0.15, 0.2) is 41.7 Å². The molecule has 0 N–H and O–H groups in total. The van der Waals surface area contributed by atoms with Gasteiger partial charge in [0.25, 0.3) is 0 Å². The second-order valence-corrected chi connectivity index (χ2v) is 6.30. The predicted molar refractivity (Wildman–Crippen MR) is 92.6 cm³/mol. The van der Waals surface area contributed by atoms with Gasteiger partial charge in [0.2, 0.25) is 6.79 Å². The van der Waals surface area contributed by atoms with Crippen LogP contribution >= 0.6 is 0 Å². The number of benzene rings is 2. The molecule has 0 radical (unpaired) electrons. The smallest absolute Gasteiger partial charge is 0.339 e. The van der Waals surface area contributed by atoms with Crippen LogP contribution in [0.2, 0.25) is 0 Å². The summed E-state index contributed by atoms with van der Waals surface area (Å²) in [5.74, 6) is 2.82. The van der Waals surface area contributed by atoms with Crippen LogP contribution < -0.4 is 23.7 Å². The van der Waals surface area contributed by atoms with Gasteiger partial charge in [-0.25, -0.2) is 4.79 Å². The van der Waals surface area contributed by atoms with Gasteiger partial charge >= 0.3 is 5.97 Å². The topological polar surface area (TPSA) is 72.5 Å². The van der Waals surface area contributed by atoms with Crippen LogP contribution in [0.25, 0.3) is 0 Å². The molecule has 7 nitrogen and oxygen atoms in total. The van der Waals surface area contributed by atoms with Crippen LogP contribution in [0.4, 0.5) is 0 Å². The summed E-state index contributed by atoms with van der Waals surface area (Å²) in [4.78, 5) is 12.5. The van der Waals surface area contributed by atoms with Crippen LogP contribution in [0, 0.1) is 0 Å². The van der Waals surface area contributed by atoms with Crippen molar-refractivity contribution < 1.29 is 33.2 Å². The lowest BCUT2D eigenvalue weighted by molar-refractivity contribution is -0.136. The summed E-state index contributed by atoms with van der Waals surface area (Å²) >= 11 is 0. The minimum absolute atomic E-state index is 0.108. The van der Waals surface area contributed by atoms with Crippen LogP contribution in [0.1, 0.15) is 17.0 Å². The molecule has 0 fully saturated rings. The number of hydrogen-bond donors (Lipinski definition) is 0. The van der Waals surface area contributed by atoms with Crippen molar-refractivity contribution in [3.05, 3.63) is 52.8 Å². The molecule has 3 aliphatic heterocycles. The normalized spacial score (nSPS) is 19.2. The number of ether oxygens (including phenoxy) is 6. The fourth-order valence-corrected chi connectivity index (χ4v) is 3.68. The Kier molecular flexibility index (Phi) is 3.43. The van der Waals surface area contributed by atoms with Gasteiger partial charge in [0.1, 0.15) is 23.9 Å². The van der Waals surface area contributed by atoms with Crippen molar-refractivity contribution in [3.63, 3.8) is 0 Å². The fraction of sp³-hybridized carbons (Fsp3) is 0.250. The highest BCUT2D eigenvalue weighted by Gasteiger charge is 2.42. The number of methoxy groups -OCH3 is 2. The van der Waals surface area contributed by atoms with E-state index in [0.717, 1.165) is 11.1 Å². The minimum atomic E-state index is -0.408. The standard InChI is InChI=1S/C20H16O7/c1-22-10-3-4-11(13(5-10)23-2)18-12-6-15-16(26-9-25-15)7-14(12)27-17-8-24-20(21)19(17)18/h3-7,18H,8-9H2,1-2H3. The average Bonchev–Trinajstić information content (AvgIpc) is 3.30. The summed E-state index contributed by atoms with van der Waals surface area (Å²) in [7, 11) is 3.17. The second kappa shape index (κ2) is 5.84. The van der Waals surface area contributed by atoms with E-state index in [1.807, 2.05) is 18.2 Å². The Morgan fingerprint density at radius 1 is 0.926 bits per heavy atom.